The summed E-state index contributed by atoms with van der Waals surface area (Å²) in [6.45, 7) is 13.9. The summed E-state index contributed by atoms with van der Waals surface area (Å²) in [5.74, 6) is 0. The van der Waals surface area contributed by atoms with Crippen LogP contribution in [-0.2, 0) is 46.1 Å². The summed E-state index contributed by atoms with van der Waals surface area (Å²) >= 11 is 0. The Bertz CT molecular complexity index is 1240. The molecule has 54 heavy (non-hydrogen) atoms. The number of hydrogen-bond donors (Lipinski definition) is 0. The van der Waals surface area contributed by atoms with E-state index in [1.165, 1.54) is 202 Å². The van der Waals surface area contributed by atoms with Crippen molar-refractivity contribution in [1.29, 1.82) is 0 Å². The number of aliphatic imine (C=N–C) groups is 2. The van der Waals surface area contributed by atoms with Crippen molar-refractivity contribution < 1.29 is 20.4 Å². The van der Waals surface area contributed by atoms with Crippen LogP contribution in [0.25, 0.3) is 0 Å². The minimum absolute atomic E-state index is 0. The Morgan fingerprint density at radius 2 is 0.630 bits per heavy atom. The molecule has 2 rings (SSSR count). The quantitative estimate of drug-likeness (QED) is 0.0381. The molecule has 0 unspecified atom stereocenters. The average Bonchev–Trinajstić information content (AvgIpc) is 3.17. The molecule has 0 aliphatic rings. The van der Waals surface area contributed by atoms with Gasteiger partial charge in [0.15, 0.2) is 0 Å². The predicted molar refractivity (Wildman–Crippen MR) is 241 cm³/mol. The fraction of sp³-hybridized carbons (Fsp3) is 0.725. The zero-order valence-corrected chi connectivity index (χ0v) is 38.1. The van der Waals surface area contributed by atoms with Gasteiger partial charge in [-0.2, -0.15) is 0 Å². The van der Waals surface area contributed by atoms with E-state index < -0.39 is 0 Å². The van der Waals surface area contributed by atoms with Gasteiger partial charge in [0.2, 0.25) is 0 Å². The molecule has 2 aromatic carbocycles. The molecular formula is C51H86N2Pd. The van der Waals surface area contributed by atoms with Gasteiger partial charge < -0.3 is 0 Å². The van der Waals surface area contributed by atoms with Crippen molar-refractivity contribution in [1.82, 2.24) is 0 Å². The summed E-state index contributed by atoms with van der Waals surface area (Å²) < 4.78 is 0. The van der Waals surface area contributed by atoms with E-state index in [0.717, 1.165) is 30.6 Å². The number of nitrogens with zero attached hydrogens (tertiary/aromatic N) is 2. The first kappa shape index (κ1) is 50.5. The van der Waals surface area contributed by atoms with Crippen molar-refractivity contribution in [2.45, 2.75) is 241 Å². The molecule has 0 bridgehead atoms. The third-order valence-electron chi connectivity index (χ3n) is 11.2. The van der Waals surface area contributed by atoms with E-state index in [1.807, 2.05) is 0 Å². The van der Waals surface area contributed by atoms with E-state index in [1.54, 1.807) is 11.1 Å². The minimum atomic E-state index is 0. The van der Waals surface area contributed by atoms with Crippen LogP contribution in [0.2, 0.25) is 0 Å². The normalized spacial score (nSPS) is 12.0. The van der Waals surface area contributed by atoms with E-state index >= 15 is 0 Å². The number of rotatable bonds is 34. The second-order valence-electron chi connectivity index (χ2n) is 16.2. The Hall–Kier alpha value is -1.56. The molecule has 0 aromatic heterocycles. The zero-order valence-electron chi connectivity index (χ0n) is 36.6. The summed E-state index contributed by atoms with van der Waals surface area (Å²) in [5, 5.41) is 0. The van der Waals surface area contributed by atoms with Gasteiger partial charge in [0.1, 0.15) is 0 Å². The average molecular weight is 834 g/mol. The van der Waals surface area contributed by atoms with Crippen LogP contribution in [-0.4, -0.2) is 11.4 Å². The molecule has 0 saturated carbocycles. The Labute approximate surface area is 350 Å². The molecule has 0 atom stereocenters. The summed E-state index contributed by atoms with van der Waals surface area (Å²) in [6.07, 6.45) is 39.6. The summed E-state index contributed by atoms with van der Waals surface area (Å²) in [7, 11) is 0. The Kier molecular flexibility index (Phi) is 32.4. The maximum atomic E-state index is 5.55. The van der Waals surface area contributed by atoms with Crippen LogP contribution in [0.5, 0.6) is 0 Å². The van der Waals surface area contributed by atoms with Gasteiger partial charge in [-0.25, -0.2) is 0 Å². The molecule has 0 fully saturated rings. The number of benzene rings is 2. The van der Waals surface area contributed by atoms with E-state index in [-0.39, 0.29) is 20.4 Å². The fourth-order valence-corrected chi connectivity index (χ4v) is 7.72. The SMILES string of the molecule is CCCCCCCCCCCCCC(=N\c1ccc(CCCCC)c(CCCCC)c1)/C(CCCC)=N/c1ccc(CCCCC)c(CCCCC)c1.[Pd]. The van der Waals surface area contributed by atoms with Gasteiger partial charge >= 0.3 is 0 Å². The molecule has 3 heteroatoms. The number of unbranched alkanes of at least 4 members (excludes halogenated alkanes) is 19. The molecule has 0 amide bonds. The van der Waals surface area contributed by atoms with Gasteiger partial charge in [-0.05, 0) is 124 Å². The summed E-state index contributed by atoms with van der Waals surface area (Å²) in [5.41, 5.74) is 10.9. The van der Waals surface area contributed by atoms with Crippen molar-refractivity contribution in [2.75, 3.05) is 0 Å². The molecular weight excluding hydrogens is 747 g/mol. The molecule has 0 N–H and O–H groups in total. The maximum Gasteiger partial charge on any atom is 0.0636 e. The standard InChI is InChI=1S/C51H86N2.Pd/c1-7-13-19-20-21-22-23-24-25-26-31-37-51(53-49-41-39-45(33-28-15-9-3)47(43-49)35-30-17-11-5)50(36-18-12-6)52-48-40-38-44(32-27-14-8-2)46(42-48)34-29-16-10-4;/h38-43H,7-37H2,1-6H3;/b52-50+,53-51+;. The molecule has 0 aliphatic heterocycles. The number of aryl methyl sites for hydroxylation is 4. The Balaban J connectivity index is 0.0000146. The summed E-state index contributed by atoms with van der Waals surface area (Å²) in [6, 6.07) is 14.4. The number of hydrogen-bond acceptors (Lipinski definition) is 2. The van der Waals surface area contributed by atoms with Crippen molar-refractivity contribution in [2.24, 2.45) is 9.98 Å². The topological polar surface area (TPSA) is 24.7 Å². The predicted octanol–water partition coefficient (Wildman–Crippen LogP) is 17.4. The third kappa shape index (κ3) is 22.9. The smallest absolute Gasteiger partial charge is 0.0636 e. The van der Waals surface area contributed by atoms with Crippen molar-refractivity contribution in [3.8, 4) is 0 Å². The molecule has 2 aromatic rings. The molecule has 310 valence electrons. The summed E-state index contributed by atoms with van der Waals surface area (Å²) in [4.78, 5) is 11.1. The molecule has 0 spiro atoms. The Morgan fingerprint density at radius 3 is 1.00 bits per heavy atom. The third-order valence-corrected chi connectivity index (χ3v) is 11.2. The van der Waals surface area contributed by atoms with Crippen molar-refractivity contribution in [3.05, 3.63) is 58.7 Å². The Morgan fingerprint density at radius 1 is 0.333 bits per heavy atom. The van der Waals surface area contributed by atoms with Gasteiger partial charge in [-0.3, -0.25) is 9.98 Å². The monoisotopic (exact) mass is 833 g/mol. The molecule has 0 heterocycles. The first-order valence-corrected chi connectivity index (χ1v) is 23.5. The maximum absolute atomic E-state index is 5.55. The van der Waals surface area contributed by atoms with Gasteiger partial charge in [0.25, 0.3) is 0 Å². The molecule has 2 nitrogen and oxygen atoms in total. The van der Waals surface area contributed by atoms with Crippen LogP contribution in [0.3, 0.4) is 0 Å². The van der Waals surface area contributed by atoms with Gasteiger partial charge in [0, 0.05) is 20.4 Å². The minimum Gasteiger partial charge on any atom is -0.252 e. The van der Waals surface area contributed by atoms with E-state index in [4.69, 9.17) is 9.98 Å². The van der Waals surface area contributed by atoms with Gasteiger partial charge in [-0.15, -0.1) is 0 Å². The van der Waals surface area contributed by atoms with Crippen LogP contribution >= 0.6 is 0 Å². The second kappa shape index (κ2) is 34.7. The van der Waals surface area contributed by atoms with E-state index in [0.29, 0.717) is 0 Å². The van der Waals surface area contributed by atoms with E-state index in [2.05, 4.69) is 77.9 Å². The van der Waals surface area contributed by atoms with Crippen molar-refractivity contribution in [3.63, 3.8) is 0 Å². The molecule has 0 saturated heterocycles. The van der Waals surface area contributed by atoms with E-state index in [9.17, 15) is 0 Å². The first-order valence-electron chi connectivity index (χ1n) is 23.5. The second-order valence-corrected chi connectivity index (χ2v) is 16.2. The van der Waals surface area contributed by atoms with Crippen molar-refractivity contribution >= 4 is 22.8 Å². The van der Waals surface area contributed by atoms with Crippen LogP contribution < -0.4 is 0 Å². The molecule has 0 aliphatic carbocycles. The van der Waals surface area contributed by atoms with Crippen LogP contribution in [0.4, 0.5) is 11.4 Å². The van der Waals surface area contributed by atoms with Crippen LogP contribution in [0.15, 0.2) is 46.4 Å². The fourth-order valence-electron chi connectivity index (χ4n) is 7.72. The molecule has 0 radical (unpaired) electrons. The van der Waals surface area contributed by atoms with Gasteiger partial charge in [0.05, 0.1) is 22.8 Å². The largest absolute Gasteiger partial charge is 0.252 e. The van der Waals surface area contributed by atoms with Crippen LogP contribution in [0, 0.1) is 0 Å². The first-order chi connectivity index (χ1) is 26.1. The zero-order chi connectivity index (χ0) is 38.2. The van der Waals surface area contributed by atoms with Crippen LogP contribution in [0.1, 0.15) is 237 Å². The van der Waals surface area contributed by atoms with Gasteiger partial charge in [-0.1, -0.05) is 176 Å².